The van der Waals surface area contributed by atoms with Gasteiger partial charge in [-0.2, -0.15) is 0 Å². The van der Waals surface area contributed by atoms with Crippen LogP contribution in [-0.4, -0.2) is 46.6 Å². The first-order valence-electron chi connectivity index (χ1n) is 5.36. The fraction of sp³-hybridized carbons (Fsp3) is 0.692. The van der Waals surface area contributed by atoms with Crippen LogP contribution in [0.5, 0.6) is 0 Å². The Balaban J connectivity index is -0.0000000569. The van der Waals surface area contributed by atoms with Gasteiger partial charge < -0.3 is 25.9 Å². The van der Waals surface area contributed by atoms with E-state index in [0.29, 0.717) is 12.5 Å². The van der Waals surface area contributed by atoms with Crippen LogP contribution in [0.3, 0.4) is 0 Å². The predicted molar refractivity (Wildman–Crippen MR) is 74.0 cm³/mol. The molecule has 1 rings (SSSR count). The second-order valence-corrected chi connectivity index (χ2v) is 3.52. The van der Waals surface area contributed by atoms with E-state index < -0.39 is 6.10 Å². The van der Waals surface area contributed by atoms with Crippen LogP contribution in [-0.2, 0) is 4.74 Å². The molecule has 5 N–H and O–H groups in total. The Morgan fingerprint density at radius 2 is 1.74 bits per heavy atom. The third-order valence-corrected chi connectivity index (χ3v) is 2.01. The van der Waals surface area contributed by atoms with E-state index in [1.807, 2.05) is 6.08 Å². The first-order valence-corrected chi connectivity index (χ1v) is 5.36. The van der Waals surface area contributed by atoms with Crippen molar-refractivity contribution in [3.63, 3.8) is 0 Å². The van der Waals surface area contributed by atoms with Crippen molar-refractivity contribution in [1.82, 2.24) is 0 Å². The number of ether oxygens (including phenoxy) is 1. The molecule has 112 valence electrons. The third kappa shape index (κ3) is 27.5. The quantitative estimate of drug-likeness (QED) is 0.330. The number of aliphatic hydroxyl groups excluding tert-OH is 2. The van der Waals surface area contributed by atoms with Gasteiger partial charge in [0.05, 0.1) is 25.4 Å². The van der Waals surface area contributed by atoms with Gasteiger partial charge >= 0.3 is 29.6 Å². The van der Waals surface area contributed by atoms with Gasteiger partial charge in [0, 0.05) is 0 Å². The van der Waals surface area contributed by atoms with Crippen molar-refractivity contribution in [1.29, 1.82) is 0 Å². The van der Waals surface area contributed by atoms with Crippen molar-refractivity contribution >= 4 is 0 Å². The average Bonchev–Trinajstić information content (AvgIpc) is 3.07. The minimum atomic E-state index is -0.562. The smallest absolute Gasteiger partial charge is 0.870 e. The van der Waals surface area contributed by atoms with E-state index in [4.69, 9.17) is 14.9 Å². The summed E-state index contributed by atoms with van der Waals surface area (Å²) >= 11 is 0. The third-order valence-electron chi connectivity index (χ3n) is 2.01. The predicted octanol–water partition coefficient (Wildman–Crippen LogP) is -1.70. The molecule has 0 saturated carbocycles. The maximum Gasteiger partial charge on any atom is 1.00 e. The largest absolute Gasteiger partial charge is 1.00 e. The molecular formula is C13H29NaO5. The summed E-state index contributed by atoms with van der Waals surface area (Å²) < 4.78 is 4.96. The Bertz CT molecular complexity index is 174. The molecule has 0 aromatic heterocycles. The molecule has 1 aliphatic heterocycles. The molecule has 1 saturated heterocycles. The maximum absolute atomic E-state index is 8.69. The zero-order chi connectivity index (χ0) is 11.5. The van der Waals surface area contributed by atoms with Crippen molar-refractivity contribution in [3.8, 4) is 0 Å². The van der Waals surface area contributed by atoms with Crippen molar-refractivity contribution in [2.24, 2.45) is 0 Å². The minimum absolute atomic E-state index is 0. The molecule has 0 spiro atoms. The van der Waals surface area contributed by atoms with Gasteiger partial charge in [-0.05, 0) is 25.7 Å². The van der Waals surface area contributed by atoms with Crippen molar-refractivity contribution in [2.75, 3.05) is 13.2 Å². The molecule has 6 heteroatoms. The van der Waals surface area contributed by atoms with E-state index in [-0.39, 0.29) is 54.5 Å². The van der Waals surface area contributed by atoms with Crippen molar-refractivity contribution in [2.45, 2.75) is 45.3 Å². The Hall–Kier alpha value is 0.280. The molecule has 0 aliphatic carbocycles. The van der Waals surface area contributed by atoms with Gasteiger partial charge in [-0.15, -0.1) is 13.2 Å². The molecule has 0 aromatic carbocycles. The van der Waals surface area contributed by atoms with Crippen LogP contribution in [0.4, 0.5) is 0 Å². The van der Waals surface area contributed by atoms with Crippen LogP contribution >= 0.6 is 0 Å². The van der Waals surface area contributed by atoms with Crippen molar-refractivity contribution < 1.29 is 55.5 Å². The zero-order valence-corrected chi connectivity index (χ0v) is 13.2. The topological polar surface area (TPSA) is 114 Å². The van der Waals surface area contributed by atoms with Crippen LogP contribution in [0.1, 0.15) is 33.1 Å². The summed E-state index contributed by atoms with van der Waals surface area (Å²) in [5.41, 5.74) is 0. The van der Waals surface area contributed by atoms with Crippen LogP contribution in [0.2, 0.25) is 0 Å². The molecule has 1 heterocycles. The summed E-state index contributed by atoms with van der Waals surface area (Å²) in [5, 5.41) is 17.0. The Labute approximate surface area is 139 Å². The average molecular weight is 288 g/mol. The Morgan fingerprint density at radius 3 is 2.05 bits per heavy atom. The molecule has 0 aromatic rings. The monoisotopic (exact) mass is 288 g/mol. The standard InChI is InChI=1S/C6H12O2.C6H10O.CH4.Na.2H2O/c1-2-3-4-6(8)5-7;1-2-3-4-6-5-7-6;;;;/h2,6-8H,1,3-5H2;2,6H,1,3-5H2;1H4;;2*1H2/q;;;+1;;/p-1. The number of aliphatic hydroxyl groups is 2. The zero-order valence-electron chi connectivity index (χ0n) is 11.2. The summed E-state index contributed by atoms with van der Waals surface area (Å²) in [6, 6.07) is 0. The number of epoxide rings is 1. The molecule has 0 amide bonds. The number of allylic oxidation sites excluding steroid dienone is 2. The van der Waals surface area contributed by atoms with Gasteiger partial charge in [0.2, 0.25) is 0 Å². The van der Waals surface area contributed by atoms with E-state index >= 15 is 0 Å². The second-order valence-electron chi connectivity index (χ2n) is 3.52. The number of hydrogen-bond acceptors (Lipinski definition) is 4. The summed E-state index contributed by atoms with van der Waals surface area (Å²) in [7, 11) is 0. The first-order chi connectivity index (χ1) is 7.24. The number of hydrogen-bond donors (Lipinski definition) is 2. The van der Waals surface area contributed by atoms with Crippen molar-refractivity contribution in [3.05, 3.63) is 25.3 Å². The van der Waals surface area contributed by atoms with Gasteiger partial charge in [-0.3, -0.25) is 0 Å². The maximum atomic E-state index is 8.69. The van der Waals surface area contributed by atoms with Gasteiger partial charge in [0.1, 0.15) is 0 Å². The van der Waals surface area contributed by atoms with E-state index in [0.717, 1.165) is 19.4 Å². The van der Waals surface area contributed by atoms with Crippen LogP contribution in [0, 0.1) is 0 Å². The number of rotatable bonds is 7. The molecule has 0 bridgehead atoms. The van der Waals surface area contributed by atoms with E-state index in [1.54, 1.807) is 6.08 Å². The first kappa shape index (κ1) is 31.6. The van der Waals surface area contributed by atoms with E-state index in [2.05, 4.69) is 13.2 Å². The van der Waals surface area contributed by atoms with Gasteiger partial charge in [-0.25, -0.2) is 0 Å². The van der Waals surface area contributed by atoms with Gasteiger partial charge in [0.25, 0.3) is 0 Å². The van der Waals surface area contributed by atoms with E-state index in [9.17, 15) is 0 Å². The van der Waals surface area contributed by atoms with Crippen LogP contribution in [0.25, 0.3) is 0 Å². The van der Waals surface area contributed by atoms with Gasteiger partial charge in [-0.1, -0.05) is 19.6 Å². The molecular weight excluding hydrogens is 259 g/mol. The minimum Gasteiger partial charge on any atom is -0.870 e. The van der Waals surface area contributed by atoms with Crippen LogP contribution < -0.4 is 29.6 Å². The molecule has 1 aliphatic rings. The normalized spacial score (nSPS) is 15.6. The molecule has 2 atom stereocenters. The molecule has 0 radical (unpaired) electrons. The summed E-state index contributed by atoms with van der Waals surface area (Å²) in [6.45, 7) is 7.91. The summed E-state index contributed by atoms with van der Waals surface area (Å²) in [5.74, 6) is 0. The van der Waals surface area contributed by atoms with E-state index in [1.165, 1.54) is 6.42 Å². The Morgan fingerprint density at radius 1 is 1.26 bits per heavy atom. The second kappa shape index (κ2) is 23.4. The fourth-order valence-electron chi connectivity index (χ4n) is 0.940. The summed E-state index contributed by atoms with van der Waals surface area (Å²) in [6.07, 6.45) is 7.32. The molecule has 1 fully saturated rings. The Kier molecular flexibility index (Phi) is 38.9. The molecule has 19 heavy (non-hydrogen) atoms. The molecule has 2 unspecified atom stereocenters. The SMILES string of the molecule is C.C=CCCC(O)CO.C=CCCC1CO1.O.[Na+].[OH-]. The fourth-order valence-corrected chi connectivity index (χ4v) is 0.940. The summed E-state index contributed by atoms with van der Waals surface area (Å²) in [4.78, 5) is 0. The van der Waals surface area contributed by atoms with Gasteiger partial charge in [0.15, 0.2) is 0 Å². The molecule has 5 nitrogen and oxygen atoms in total. The van der Waals surface area contributed by atoms with Crippen LogP contribution in [0.15, 0.2) is 25.3 Å².